The maximum Gasteiger partial charge on any atom is 0.00412 e. The minimum Gasteiger partial charge on any atom is -0.314 e. The highest BCUT2D eigenvalue weighted by Crippen LogP contribution is 2.18. The molecule has 1 N–H and O–H groups in total. The van der Waals surface area contributed by atoms with E-state index in [2.05, 4.69) is 39.9 Å². The van der Waals surface area contributed by atoms with Crippen LogP contribution >= 0.6 is 0 Å². The van der Waals surface area contributed by atoms with E-state index in [0.717, 1.165) is 18.4 Å². The summed E-state index contributed by atoms with van der Waals surface area (Å²) in [6.07, 6.45) is 5.27. The van der Waals surface area contributed by atoms with Crippen molar-refractivity contribution in [1.82, 2.24) is 5.32 Å². The van der Waals surface area contributed by atoms with Crippen LogP contribution in [0.5, 0.6) is 0 Å². The molecule has 0 saturated carbocycles. The van der Waals surface area contributed by atoms with Crippen molar-refractivity contribution in [3.8, 4) is 0 Å². The van der Waals surface area contributed by atoms with Gasteiger partial charge in [0.15, 0.2) is 0 Å². The van der Waals surface area contributed by atoms with Crippen molar-refractivity contribution in [3.63, 3.8) is 0 Å². The predicted molar refractivity (Wildman–Crippen MR) is 65.6 cm³/mol. The van der Waals surface area contributed by atoms with Crippen molar-refractivity contribution in [2.24, 2.45) is 11.8 Å². The topological polar surface area (TPSA) is 12.0 Å². The van der Waals surface area contributed by atoms with Crippen molar-refractivity contribution >= 4 is 0 Å². The first kappa shape index (κ1) is 14.0. The minimum atomic E-state index is 0.689. The molecular weight excluding hydrogens is 170 g/mol. The number of nitrogens with one attached hydrogen (secondary N) is 1. The second kappa shape index (κ2) is 8.28. The second-order valence-electron chi connectivity index (χ2n) is 4.95. The van der Waals surface area contributed by atoms with Crippen molar-refractivity contribution in [2.45, 2.75) is 66.3 Å². The van der Waals surface area contributed by atoms with Crippen LogP contribution in [-0.2, 0) is 0 Å². The molecule has 0 amide bonds. The average Bonchev–Trinajstić information content (AvgIpc) is 2.14. The Labute approximate surface area is 90.7 Å². The molecule has 0 bridgehead atoms. The summed E-state index contributed by atoms with van der Waals surface area (Å²) in [4.78, 5) is 0. The summed E-state index contributed by atoms with van der Waals surface area (Å²) >= 11 is 0. The number of hydrogen-bond acceptors (Lipinski definition) is 1. The maximum atomic E-state index is 3.55. The highest BCUT2D eigenvalue weighted by atomic mass is 14.9. The first-order valence-corrected chi connectivity index (χ1v) is 6.33. The van der Waals surface area contributed by atoms with Gasteiger partial charge in [-0.05, 0) is 44.6 Å². The lowest BCUT2D eigenvalue weighted by atomic mass is 9.91. The lowest BCUT2D eigenvalue weighted by Gasteiger charge is -2.20. The third-order valence-electron chi connectivity index (χ3n) is 3.00. The standard InChI is InChI=1S/C13H29N/c1-6-8-14-13(5)10-12(4)9-11(3)7-2/h11-14H,6-10H2,1-5H3. The highest BCUT2D eigenvalue weighted by Gasteiger charge is 2.10. The smallest absolute Gasteiger partial charge is 0.00412 e. The van der Waals surface area contributed by atoms with Crippen LogP contribution in [0, 0.1) is 11.8 Å². The Morgan fingerprint density at radius 3 is 2.07 bits per heavy atom. The summed E-state index contributed by atoms with van der Waals surface area (Å²) in [6, 6.07) is 0.689. The van der Waals surface area contributed by atoms with Crippen LogP contribution in [0.1, 0.15) is 60.3 Å². The van der Waals surface area contributed by atoms with Gasteiger partial charge in [-0.1, -0.05) is 34.1 Å². The Morgan fingerprint density at radius 1 is 0.929 bits per heavy atom. The fourth-order valence-corrected chi connectivity index (χ4v) is 2.03. The molecule has 0 aliphatic rings. The van der Waals surface area contributed by atoms with E-state index in [0.29, 0.717) is 6.04 Å². The SMILES string of the molecule is CCCNC(C)CC(C)CC(C)CC. The molecule has 0 aromatic rings. The molecule has 0 aliphatic carbocycles. The summed E-state index contributed by atoms with van der Waals surface area (Å²) in [5.41, 5.74) is 0. The monoisotopic (exact) mass is 199 g/mol. The molecule has 0 rings (SSSR count). The fourth-order valence-electron chi connectivity index (χ4n) is 2.03. The molecule has 1 heteroatoms. The summed E-state index contributed by atoms with van der Waals surface area (Å²) in [7, 11) is 0. The van der Waals surface area contributed by atoms with Crippen molar-refractivity contribution < 1.29 is 0 Å². The molecule has 1 nitrogen and oxygen atoms in total. The maximum absolute atomic E-state index is 3.55. The Kier molecular flexibility index (Phi) is 8.26. The van der Waals surface area contributed by atoms with Gasteiger partial charge in [-0.15, -0.1) is 0 Å². The zero-order valence-corrected chi connectivity index (χ0v) is 10.8. The van der Waals surface area contributed by atoms with Crippen LogP contribution < -0.4 is 5.32 Å². The highest BCUT2D eigenvalue weighted by molar-refractivity contribution is 4.66. The molecule has 0 spiro atoms. The van der Waals surface area contributed by atoms with Crippen molar-refractivity contribution in [2.75, 3.05) is 6.54 Å². The zero-order chi connectivity index (χ0) is 11.0. The van der Waals surface area contributed by atoms with E-state index < -0.39 is 0 Å². The zero-order valence-electron chi connectivity index (χ0n) is 10.8. The second-order valence-corrected chi connectivity index (χ2v) is 4.95. The summed E-state index contributed by atoms with van der Waals surface area (Å²) in [5, 5.41) is 3.55. The number of hydrogen-bond donors (Lipinski definition) is 1. The Morgan fingerprint density at radius 2 is 1.57 bits per heavy atom. The van der Waals surface area contributed by atoms with E-state index in [-0.39, 0.29) is 0 Å². The molecule has 3 atom stereocenters. The Bertz CT molecular complexity index is 122. The van der Waals surface area contributed by atoms with Gasteiger partial charge in [0.25, 0.3) is 0 Å². The van der Waals surface area contributed by atoms with Crippen molar-refractivity contribution in [3.05, 3.63) is 0 Å². The predicted octanol–water partition coefficient (Wildman–Crippen LogP) is 3.84. The van der Waals surface area contributed by atoms with Crippen LogP contribution in [0.15, 0.2) is 0 Å². The van der Waals surface area contributed by atoms with Gasteiger partial charge in [0.1, 0.15) is 0 Å². The van der Waals surface area contributed by atoms with Crippen LogP contribution in [0.3, 0.4) is 0 Å². The van der Waals surface area contributed by atoms with Crippen LogP contribution in [-0.4, -0.2) is 12.6 Å². The van der Waals surface area contributed by atoms with E-state index in [9.17, 15) is 0 Å². The first-order chi connectivity index (χ1) is 6.60. The van der Waals surface area contributed by atoms with Gasteiger partial charge in [-0.2, -0.15) is 0 Å². The van der Waals surface area contributed by atoms with Gasteiger partial charge < -0.3 is 5.32 Å². The van der Waals surface area contributed by atoms with Crippen LogP contribution in [0.25, 0.3) is 0 Å². The van der Waals surface area contributed by atoms with Gasteiger partial charge in [0.2, 0.25) is 0 Å². The molecule has 0 fully saturated rings. The third kappa shape index (κ3) is 7.37. The van der Waals surface area contributed by atoms with Gasteiger partial charge in [-0.25, -0.2) is 0 Å². The van der Waals surface area contributed by atoms with Gasteiger partial charge >= 0.3 is 0 Å². The van der Waals surface area contributed by atoms with Gasteiger partial charge in [0, 0.05) is 6.04 Å². The quantitative estimate of drug-likeness (QED) is 0.626. The largest absolute Gasteiger partial charge is 0.314 e. The molecule has 0 saturated heterocycles. The summed E-state index contributed by atoms with van der Waals surface area (Å²) in [5.74, 6) is 1.76. The molecule has 86 valence electrons. The summed E-state index contributed by atoms with van der Waals surface area (Å²) in [6.45, 7) is 12.7. The first-order valence-electron chi connectivity index (χ1n) is 6.33. The molecule has 0 heterocycles. The van der Waals surface area contributed by atoms with Crippen molar-refractivity contribution in [1.29, 1.82) is 0 Å². The van der Waals surface area contributed by atoms with Gasteiger partial charge in [0.05, 0.1) is 0 Å². The fraction of sp³-hybridized carbons (Fsp3) is 1.00. The molecule has 0 radical (unpaired) electrons. The molecule has 3 unspecified atom stereocenters. The lowest BCUT2D eigenvalue weighted by Crippen LogP contribution is -2.28. The molecule has 14 heavy (non-hydrogen) atoms. The average molecular weight is 199 g/mol. The van der Waals surface area contributed by atoms with E-state index in [4.69, 9.17) is 0 Å². The Balaban J connectivity index is 3.54. The third-order valence-corrected chi connectivity index (χ3v) is 3.00. The lowest BCUT2D eigenvalue weighted by molar-refractivity contribution is 0.347. The molecular formula is C13H29N. The minimum absolute atomic E-state index is 0.689. The van der Waals surface area contributed by atoms with E-state index in [1.807, 2.05) is 0 Å². The normalized spacial score (nSPS) is 17.8. The van der Waals surface area contributed by atoms with E-state index >= 15 is 0 Å². The van der Waals surface area contributed by atoms with E-state index in [1.54, 1.807) is 0 Å². The van der Waals surface area contributed by atoms with E-state index in [1.165, 1.54) is 25.7 Å². The van der Waals surface area contributed by atoms with Crippen LogP contribution in [0.4, 0.5) is 0 Å². The number of rotatable bonds is 8. The van der Waals surface area contributed by atoms with Gasteiger partial charge in [-0.3, -0.25) is 0 Å². The Hall–Kier alpha value is -0.0400. The molecule has 0 aliphatic heterocycles. The van der Waals surface area contributed by atoms with Crippen LogP contribution in [0.2, 0.25) is 0 Å². The molecule has 0 aromatic carbocycles. The molecule has 0 aromatic heterocycles. The summed E-state index contributed by atoms with van der Waals surface area (Å²) < 4.78 is 0.